The third-order valence-corrected chi connectivity index (χ3v) is 9.96. The Hall–Kier alpha value is -4.27. The third-order valence-electron chi connectivity index (χ3n) is 9.96. The second-order valence-corrected chi connectivity index (χ2v) is 15.0. The molecule has 4 aromatic carbocycles. The van der Waals surface area contributed by atoms with Crippen LogP contribution in [0.2, 0.25) is 0 Å². The van der Waals surface area contributed by atoms with Gasteiger partial charge in [0.25, 0.3) is 0 Å². The standard InChI is InChI=1S/C44H60N4O4/c1-7-48(8-2)24-23-45-42(50)29-41(49)39(25-30(3)4)46-44(52)40(26-31(5)6)47-43(51)36(27-34-19-13-17-32-15-9-11-21-37(32)34)28-35-20-14-18-33-16-10-12-22-38(33)35/h9-22,30-31,36,39-41,49H,7-8,23-29H2,1-6H3,(H,45,50)(H,46,52)(H,47,51)/t39?,40-,41?/m0/s1. The Morgan fingerprint density at radius 2 is 1.19 bits per heavy atom. The number of carbonyl (C=O) groups is 3. The number of hydrogen-bond donors (Lipinski definition) is 4. The fourth-order valence-electron chi connectivity index (χ4n) is 7.12. The number of benzene rings is 4. The molecule has 3 amide bonds. The first-order valence-electron chi connectivity index (χ1n) is 19.2. The fraction of sp³-hybridized carbons (Fsp3) is 0.477. The van der Waals surface area contributed by atoms with Crippen LogP contribution in [0.1, 0.15) is 71.9 Å². The van der Waals surface area contributed by atoms with Gasteiger partial charge in [-0.05, 0) is 83.3 Å². The minimum atomic E-state index is -1.07. The predicted octanol–water partition coefficient (Wildman–Crippen LogP) is 6.67. The zero-order valence-electron chi connectivity index (χ0n) is 32.0. The molecule has 0 bridgehead atoms. The Balaban J connectivity index is 1.55. The SMILES string of the molecule is CCN(CC)CCNC(=O)CC(O)C(CC(C)C)NC(=O)[C@H](CC(C)C)NC(=O)C(Cc1cccc2ccccc12)Cc1cccc2ccccc12. The molecule has 0 heterocycles. The van der Waals surface area contributed by atoms with Crippen LogP contribution in [0.15, 0.2) is 84.9 Å². The van der Waals surface area contributed by atoms with Crippen LogP contribution in [-0.2, 0) is 27.2 Å². The summed E-state index contributed by atoms with van der Waals surface area (Å²) < 4.78 is 0. The van der Waals surface area contributed by atoms with Gasteiger partial charge in [0.15, 0.2) is 0 Å². The van der Waals surface area contributed by atoms with Crippen molar-refractivity contribution < 1.29 is 19.5 Å². The molecule has 0 spiro atoms. The van der Waals surface area contributed by atoms with Crippen molar-refractivity contribution in [3.63, 3.8) is 0 Å². The van der Waals surface area contributed by atoms with Crippen LogP contribution in [-0.4, -0.2) is 72.1 Å². The molecule has 4 rings (SSSR count). The molecular weight excluding hydrogens is 649 g/mol. The summed E-state index contributed by atoms with van der Waals surface area (Å²) in [7, 11) is 0. The van der Waals surface area contributed by atoms with E-state index in [0.717, 1.165) is 52.3 Å². The fourth-order valence-corrected chi connectivity index (χ4v) is 7.12. The molecule has 4 aromatic rings. The van der Waals surface area contributed by atoms with Crippen LogP contribution in [0.25, 0.3) is 21.5 Å². The molecule has 0 saturated heterocycles. The molecule has 3 atom stereocenters. The van der Waals surface area contributed by atoms with E-state index in [1.165, 1.54) is 0 Å². The largest absolute Gasteiger partial charge is 0.390 e. The van der Waals surface area contributed by atoms with Gasteiger partial charge in [0.2, 0.25) is 17.7 Å². The number of nitrogens with zero attached hydrogens (tertiary/aromatic N) is 1. The Bertz CT molecular complexity index is 1660. The summed E-state index contributed by atoms with van der Waals surface area (Å²) in [5, 5.41) is 24.8. The molecule has 0 saturated carbocycles. The van der Waals surface area contributed by atoms with E-state index in [-0.39, 0.29) is 36.0 Å². The molecule has 0 aliphatic heterocycles. The van der Waals surface area contributed by atoms with Crippen LogP contribution in [0.3, 0.4) is 0 Å². The lowest BCUT2D eigenvalue weighted by molar-refractivity contribution is -0.132. The average Bonchev–Trinajstić information content (AvgIpc) is 3.12. The van der Waals surface area contributed by atoms with Gasteiger partial charge in [-0.2, -0.15) is 0 Å². The number of amides is 3. The van der Waals surface area contributed by atoms with Gasteiger partial charge in [-0.1, -0.05) is 126 Å². The normalized spacial score (nSPS) is 13.5. The first-order chi connectivity index (χ1) is 25.0. The van der Waals surface area contributed by atoms with E-state index in [2.05, 4.69) is 83.2 Å². The van der Waals surface area contributed by atoms with Gasteiger partial charge >= 0.3 is 0 Å². The predicted molar refractivity (Wildman–Crippen MR) is 213 cm³/mol. The zero-order valence-corrected chi connectivity index (χ0v) is 32.0. The van der Waals surface area contributed by atoms with E-state index in [9.17, 15) is 19.5 Å². The monoisotopic (exact) mass is 708 g/mol. The summed E-state index contributed by atoms with van der Waals surface area (Å²) in [6, 6.07) is 27.4. The van der Waals surface area contributed by atoms with E-state index in [0.29, 0.717) is 32.2 Å². The molecule has 0 aromatic heterocycles. The summed E-state index contributed by atoms with van der Waals surface area (Å²) in [6.45, 7) is 15.3. The number of fused-ring (bicyclic) bond motifs is 2. The third kappa shape index (κ3) is 11.9. The van der Waals surface area contributed by atoms with Crippen LogP contribution in [0.4, 0.5) is 0 Å². The molecule has 0 radical (unpaired) electrons. The van der Waals surface area contributed by atoms with Crippen LogP contribution in [0.5, 0.6) is 0 Å². The smallest absolute Gasteiger partial charge is 0.242 e. The molecular formula is C44H60N4O4. The van der Waals surface area contributed by atoms with E-state index in [1.807, 2.05) is 64.1 Å². The highest BCUT2D eigenvalue weighted by molar-refractivity contribution is 5.91. The Kier molecular flexibility index (Phi) is 15.7. The number of likely N-dealkylation sites (N-methyl/N-ethyl adjacent to an activating group) is 1. The summed E-state index contributed by atoms with van der Waals surface area (Å²) in [5.74, 6) is -0.946. The highest BCUT2D eigenvalue weighted by Gasteiger charge is 2.31. The number of aliphatic hydroxyl groups is 1. The van der Waals surface area contributed by atoms with Crippen molar-refractivity contribution in [1.29, 1.82) is 0 Å². The minimum Gasteiger partial charge on any atom is -0.390 e. The molecule has 2 unspecified atom stereocenters. The van der Waals surface area contributed by atoms with Crippen LogP contribution in [0, 0.1) is 17.8 Å². The molecule has 4 N–H and O–H groups in total. The second-order valence-electron chi connectivity index (χ2n) is 15.0. The quantitative estimate of drug-likeness (QED) is 0.0821. The van der Waals surface area contributed by atoms with Crippen molar-refractivity contribution in [2.45, 2.75) is 91.8 Å². The lowest BCUT2D eigenvalue weighted by atomic mass is 9.87. The first kappa shape index (κ1) is 40.5. The van der Waals surface area contributed by atoms with Crippen molar-refractivity contribution in [3.05, 3.63) is 96.1 Å². The zero-order chi connectivity index (χ0) is 37.6. The molecule has 0 aliphatic rings. The van der Waals surface area contributed by atoms with Crippen molar-refractivity contribution >= 4 is 39.3 Å². The Labute approximate surface area is 310 Å². The number of aliphatic hydroxyl groups excluding tert-OH is 1. The molecule has 280 valence electrons. The van der Waals surface area contributed by atoms with E-state index in [1.54, 1.807) is 0 Å². The highest BCUT2D eigenvalue weighted by Crippen LogP contribution is 2.27. The van der Waals surface area contributed by atoms with Crippen molar-refractivity contribution in [1.82, 2.24) is 20.9 Å². The van der Waals surface area contributed by atoms with Crippen LogP contribution < -0.4 is 16.0 Å². The maximum Gasteiger partial charge on any atom is 0.242 e. The van der Waals surface area contributed by atoms with E-state index < -0.39 is 24.1 Å². The van der Waals surface area contributed by atoms with Gasteiger partial charge in [0.05, 0.1) is 18.6 Å². The molecule has 52 heavy (non-hydrogen) atoms. The van der Waals surface area contributed by atoms with Gasteiger partial charge in [0.1, 0.15) is 6.04 Å². The van der Waals surface area contributed by atoms with Crippen molar-refractivity contribution in [2.24, 2.45) is 17.8 Å². The van der Waals surface area contributed by atoms with Crippen LogP contribution >= 0.6 is 0 Å². The molecule has 8 heteroatoms. The molecule has 0 aliphatic carbocycles. The highest BCUT2D eigenvalue weighted by atomic mass is 16.3. The number of carbonyl (C=O) groups excluding carboxylic acids is 3. The molecule has 8 nitrogen and oxygen atoms in total. The summed E-state index contributed by atoms with van der Waals surface area (Å²) in [5.41, 5.74) is 2.16. The number of rotatable bonds is 20. The summed E-state index contributed by atoms with van der Waals surface area (Å²) >= 11 is 0. The maximum atomic E-state index is 14.5. The summed E-state index contributed by atoms with van der Waals surface area (Å²) in [6.07, 6.45) is 0.751. The maximum absolute atomic E-state index is 14.5. The lowest BCUT2D eigenvalue weighted by Gasteiger charge is -2.29. The van der Waals surface area contributed by atoms with Gasteiger partial charge in [0, 0.05) is 19.0 Å². The number of nitrogens with one attached hydrogen (secondary N) is 3. The van der Waals surface area contributed by atoms with E-state index >= 15 is 0 Å². The number of hydrogen-bond acceptors (Lipinski definition) is 5. The first-order valence-corrected chi connectivity index (χ1v) is 19.2. The van der Waals surface area contributed by atoms with Crippen molar-refractivity contribution in [3.8, 4) is 0 Å². The summed E-state index contributed by atoms with van der Waals surface area (Å²) in [4.78, 5) is 43.5. The lowest BCUT2D eigenvalue weighted by Crippen LogP contribution is -2.54. The average molecular weight is 709 g/mol. The van der Waals surface area contributed by atoms with Gasteiger partial charge < -0.3 is 26.0 Å². The Morgan fingerprint density at radius 3 is 1.71 bits per heavy atom. The molecule has 0 fully saturated rings. The minimum absolute atomic E-state index is 0.116. The second kappa shape index (κ2) is 20.1. The Morgan fingerprint density at radius 1 is 0.673 bits per heavy atom. The van der Waals surface area contributed by atoms with Gasteiger partial charge in [-0.15, -0.1) is 0 Å². The topological polar surface area (TPSA) is 111 Å². The van der Waals surface area contributed by atoms with Crippen molar-refractivity contribution in [2.75, 3.05) is 26.2 Å². The van der Waals surface area contributed by atoms with E-state index in [4.69, 9.17) is 0 Å². The van der Waals surface area contributed by atoms with Gasteiger partial charge in [-0.3, -0.25) is 14.4 Å². The van der Waals surface area contributed by atoms with Gasteiger partial charge in [-0.25, -0.2) is 0 Å².